The van der Waals surface area contributed by atoms with Crippen molar-refractivity contribution in [3.8, 4) is 0 Å². The Balaban J connectivity index is 2.07. The standard InChI is InChI=1S/C15H13F4N/c1-9(10-3-2-4-12(16)5-10)20-8-11-6-14(18)15(19)7-13(11)17/h2-7,9,20H,8H2,1H3. The van der Waals surface area contributed by atoms with Gasteiger partial charge in [0.15, 0.2) is 11.6 Å². The predicted molar refractivity (Wildman–Crippen MR) is 68.0 cm³/mol. The summed E-state index contributed by atoms with van der Waals surface area (Å²) in [5.41, 5.74) is 0.708. The molecular formula is C15H13F4N. The second-order valence-corrected chi connectivity index (χ2v) is 4.52. The fraction of sp³-hybridized carbons (Fsp3) is 0.200. The van der Waals surface area contributed by atoms with E-state index in [1.807, 2.05) is 0 Å². The summed E-state index contributed by atoms with van der Waals surface area (Å²) < 4.78 is 52.3. The van der Waals surface area contributed by atoms with Crippen LogP contribution < -0.4 is 5.32 Å². The van der Waals surface area contributed by atoms with E-state index < -0.39 is 17.5 Å². The highest BCUT2D eigenvalue weighted by Gasteiger charge is 2.11. The zero-order valence-corrected chi connectivity index (χ0v) is 10.8. The van der Waals surface area contributed by atoms with E-state index in [-0.39, 0.29) is 24.0 Å². The molecule has 1 N–H and O–H groups in total. The minimum Gasteiger partial charge on any atom is -0.306 e. The molecule has 1 unspecified atom stereocenters. The zero-order valence-electron chi connectivity index (χ0n) is 10.8. The topological polar surface area (TPSA) is 12.0 Å². The molecule has 0 spiro atoms. The monoisotopic (exact) mass is 283 g/mol. The molecule has 0 aliphatic heterocycles. The van der Waals surface area contributed by atoms with E-state index in [1.165, 1.54) is 12.1 Å². The van der Waals surface area contributed by atoms with Gasteiger partial charge in [0, 0.05) is 24.2 Å². The second-order valence-electron chi connectivity index (χ2n) is 4.52. The van der Waals surface area contributed by atoms with Gasteiger partial charge in [-0.25, -0.2) is 17.6 Å². The minimum absolute atomic E-state index is 0.0146. The Hall–Kier alpha value is -1.88. The van der Waals surface area contributed by atoms with Crippen molar-refractivity contribution in [2.45, 2.75) is 19.5 Å². The molecule has 2 rings (SSSR count). The number of hydrogen-bond donors (Lipinski definition) is 1. The van der Waals surface area contributed by atoms with E-state index in [0.29, 0.717) is 11.6 Å². The fourth-order valence-electron chi connectivity index (χ4n) is 1.86. The summed E-state index contributed by atoms with van der Waals surface area (Å²) in [6.07, 6.45) is 0. The van der Waals surface area contributed by atoms with Crippen LogP contribution in [0.15, 0.2) is 36.4 Å². The van der Waals surface area contributed by atoms with Gasteiger partial charge in [0.1, 0.15) is 11.6 Å². The van der Waals surface area contributed by atoms with Crippen LogP contribution in [0.4, 0.5) is 17.6 Å². The van der Waals surface area contributed by atoms with Gasteiger partial charge in [0.25, 0.3) is 0 Å². The molecule has 0 aliphatic carbocycles. The Bertz CT molecular complexity index is 613. The molecule has 0 saturated carbocycles. The maximum Gasteiger partial charge on any atom is 0.161 e. The van der Waals surface area contributed by atoms with Crippen LogP contribution in [-0.4, -0.2) is 0 Å². The molecule has 0 aliphatic rings. The normalized spacial score (nSPS) is 12.4. The first kappa shape index (κ1) is 14.5. The molecule has 20 heavy (non-hydrogen) atoms. The van der Waals surface area contributed by atoms with Crippen molar-refractivity contribution in [1.82, 2.24) is 5.32 Å². The Kier molecular flexibility index (Phi) is 4.39. The number of hydrogen-bond acceptors (Lipinski definition) is 1. The summed E-state index contributed by atoms with van der Waals surface area (Å²) in [5, 5.41) is 2.93. The lowest BCUT2D eigenvalue weighted by atomic mass is 10.1. The Labute approximate surface area is 114 Å². The van der Waals surface area contributed by atoms with E-state index in [1.54, 1.807) is 19.1 Å². The molecule has 0 radical (unpaired) electrons. The Morgan fingerprint density at radius 1 is 0.950 bits per heavy atom. The van der Waals surface area contributed by atoms with Crippen molar-refractivity contribution in [1.29, 1.82) is 0 Å². The van der Waals surface area contributed by atoms with Gasteiger partial charge in [-0.15, -0.1) is 0 Å². The summed E-state index contributed by atoms with van der Waals surface area (Å²) in [6.45, 7) is 1.78. The molecule has 0 saturated heterocycles. The summed E-state index contributed by atoms with van der Waals surface area (Å²) in [4.78, 5) is 0. The zero-order chi connectivity index (χ0) is 14.7. The van der Waals surface area contributed by atoms with Gasteiger partial charge in [-0.3, -0.25) is 0 Å². The number of rotatable bonds is 4. The molecule has 2 aromatic rings. The van der Waals surface area contributed by atoms with Crippen LogP contribution in [0.25, 0.3) is 0 Å². The van der Waals surface area contributed by atoms with Crippen molar-refractivity contribution in [2.75, 3.05) is 0 Å². The molecule has 0 bridgehead atoms. The van der Waals surface area contributed by atoms with Crippen LogP contribution in [-0.2, 0) is 6.54 Å². The first-order valence-corrected chi connectivity index (χ1v) is 6.09. The first-order chi connectivity index (χ1) is 9.47. The van der Waals surface area contributed by atoms with Crippen LogP contribution in [0.2, 0.25) is 0 Å². The summed E-state index contributed by atoms with van der Waals surface area (Å²) in [6, 6.07) is 7.06. The van der Waals surface area contributed by atoms with Gasteiger partial charge < -0.3 is 5.32 Å². The molecule has 0 aromatic heterocycles. The lowest BCUT2D eigenvalue weighted by Crippen LogP contribution is -2.19. The Morgan fingerprint density at radius 3 is 2.35 bits per heavy atom. The van der Waals surface area contributed by atoms with Crippen molar-refractivity contribution in [2.24, 2.45) is 0 Å². The molecule has 2 aromatic carbocycles. The highest BCUT2D eigenvalue weighted by Crippen LogP contribution is 2.17. The largest absolute Gasteiger partial charge is 0.306 e. The van der Waals surface area contributed by atoms with Gasteiger partial charge >= 0.3 is 0 Å². The number of halogens is 4. The number of benzene rings is 2. The number of nitrogens with one attached hydrogen (secondary N) is 1. The first-order valence-electron chi connectivity index (χ1n) is 6.09. The van der Waals surface area contributed by atoms with Crippen LogP contribution in [0.1, 0.15) is 24.1 Å². The summed E-state index contributed by atoms with van der Waals surface area (Å²) in [7, 11) is 0. The van der Waals surface area contributed by atoms with E-state index in [0.717, 1.165) is 6.07 Å². The van der Waals surface area contributed by atoms with Gasteiger partial charge in [0.05, 0.1) is 0 Å². The lowest BCUT2D eigenvalue weighted by molar-refractivity contribution is 0.482. The Morgan fingerprint density at radius 2 is 1.65 bits per heavy atom. The molecule has 0 amide bonds. The highest BCUT2D eigenvalue weighted by molar-refractivity contribution is 5.22. The predicted octanol–water partition coefficient (Wildman–Crippen LogP) is 4.09. The molecule has 0 fully saturated rings. The van der Waals surface area contributed by atoms with Crippen LogP contribution in [0.3, 0.4) is 0 Å². The average Bonchev–Trinajstić information content (AvgIpc) is 2.41. The molecule has 1 atom stereocenters. The lowest BCUT2D eigenvalue weighted by Gasteiger charge is -2.15. The maximum atomic E-state index is 13.4. The van der Waals surface area contributed by atoms with Crippen LogP contribution in [0.5, 0.6) is 0 Å². The third-order valence-corrected chi connectivity index (χ3v) is 3.04. The van der Waals surface area contributed by atoms with Gasteiger partial charge in [-0.2, -0.15) is 0 Å². The SMILES string of the molecule is CC(NCc1cc(F)c(F)cc1F)c1cccc(F)c1. The fourth-order valence-corrected chi connectivity index (χ4v) is 1.86. The van der Waals surface area contributed by atoms with Crippen LogP contribution >= 0.6 is 0 Å². The average molecular weight is 283 g/mol. The quantitative estimate of drug-likeness (QED) is 0.658. The smallest absolute Gasteiger partial charge is 0.161 e. The van der Waals surface area contributed by atoms with E-state index in [2.05, 4.69) is 5.32 Å². The second kappa shape index (κ2) is 6.05. The maximum absolute atomic E-state index is 13.4. The molecule has 106 valence electrons. The van der Waals surface area contributed by atoms with E-state index >= 15 is 0 Å². The van der Waals surface area contributed by atoms with Gasteiger partial charge in [0.2, 0.25) is 0 Å². The molecular weight excluding hydrogens is 270 g/mol. The van der Waals surface area contributed by atoms with Crippen molar-refractivity contribution in [3.63, 3.8) is 0 Å². The summed E-state index contributed by atoms with van der Waals surface area (Å²) in [5.74, 6) is -3.50. The third kappa shape index (κ3) is 3.36. The minimum atomic E-state index is -1.22. The summed E-state index contributed by atoms with van der Waals surface area (Å²) >= 11 is 0. The van der Waals surface area contributed by atoms with Crippen molar-refractivity contribution in [3.05, 3.63) is 70.8 Å². The van der Waals surface area contributed by atoms with E-state index in [4.69, 9.17) is 0 Å². The van der Waals surface area contributed by atoms with Gasteiger partial charge in [-0.1, -0.05) is 12.1 Å². The molecule has 5 heteroatoms. The van der Waals surface area contributed by atoms with Crippen molar-refractivity contribution >= 4 is 0 Å². The van der Waals surface area contributed by atoms with E-state index in [9.17, 15) is 17.6 Å². The van der Waals surface area contributed by atoms with Crippen LogP contribution in [0, 0.1) is 23.3 Å². The third-order valence-electron chi connectivity index (χ3n) is 3.04. The highest BCUT2D eigenvalue weighted by atomic mass is 19.2. The molecule has 1 nitrogen and oxygen atoms in total. The molecule has 0 heterocycles. The van der Waals surface area contributed by atoms with Gasteiger partial charge in [-0.05, 0) is 30.7 Å². The van der Waals surface area contributed by atoms with Crippen molar-refractivity contribution < 1.29 is 17.6 Å².